The summed E-state index contributed by atoms with van der Waals surface area (Å²) >= 11 is 0. The molecule has 9 nitrogen and oxygen atoms in total. The van der Waals surface area contributed by atoms with Crippen molar-refractivity contribution in [1.29, 1.82) is 0 Å². The van der Waals surface area contributed by atoms with Gasteiger partial charge in [-0.15, -0.1) is 0 Å². The highest BCUT2D eigenvalue weighted by atomic mass is 32.2. The quantitative estimate of drug-likeness (QED) is 0.296. The van der Waals surface area contributed by atoms with Crippen LogP contribution in [0.15, 0.2) is 47.4 Å². The molecule has 1 atom stereocenters. The molecule has 1 unspecified atom stereocenters. The molecule has 30 heavy (non-hydrogen) atoms. The predicted octanol–water partition coefficient (Wildman–Crippen LogP) is 3.39. The molecule has 1 aliphatic rings. The molecule has 1 heterocycles. The number of rotatable bonds is 6. The summed E-state index contributed by atoms with van der Waals surface area (Å²) in [4.78, 5) is 23.1. The van der Waals surface area contributed by atoms with Gasteiger partial charge in [0.25, 0.3) is 0 Å². The number of benzene rings is 2. The van der Waals surface area contributed by atoms with Gasteiger partial charge in [-0.3, -0.25) is 10.1 Å². The predicted molar refractivity (Wildman–Crippen MR) is 108 cm³/mol. The monoisotopic (exact) mass is 434 g/mol. The number of hydrogen-bond acceptors (Lipinski definition) is 7. The largest absolute Gasteiger partial charge is 0.496 e. The average Bonchev–Trinajstić information content (AvgIpc) is 2.74. The van der Waals surface area contributed by atoms with Gasteiger partial charge in [-0.1, -0.05) is 6.42 Å². The van der Waals surface area contributed by atoms with Crippen LogP contribution in [0.4, 0.5) is 5.69 Å². The van der Waals surface area contributed by atoms with E-state index in [9.17, 15) is 23.3 Å². The molecule has 0 aliphatic carbocycles. The standard InChI is InChI=1S/C20H22N2O7S/c1-14-5-3-4-12-21(14)30(26,27)17-9-6-15(7-10-17)20(23)29-19-11-8-16(28-2)13-18(19)22(24)25/h6-11,13-14H,3-5,12H2,1-2H3. The lowest BCUT2D eigenvalue weighted by Gasteiger charge is -2.32. The maximum absolute atomic E-state index is 12.9. The molecule has 0 N–H and O–H groups in total. The van der Waals surface area contributed by atoms with E-state index >= 15 is 0 Å². The van der Waals surface area contributed by atoms with Crippen LogP contribution >= 0.6 is 0 Å². The molecular formula is C20H22N2O7S. The van der Waals surface area contributed by atoms with Crippen molar-refractivity contribution < 1.29 is 27.6 Å². The minimum Gasteiger partial charge on any atom is -0.496 e. The Bertz CT molecular complexity index is 1050. The van der Waals surface area contributed by atoms with Crippen LogP contribution < -0.4 is 9.47 Å². The topological polar surface area (TPSA) is 116 Å². The van der Waals surface area contributed by atoms with Crippen molar-refractivity contribution in [2.24, 2.45) is 0 Å². The summed E-state index contributed by atoms with van der Waals surface area (Å²) in [6, 6.07) is 9.13. The zero-order chi connectivity index (χ0) is 21.9. The van der Waals surface area contributed by atoms with E-state index in [0.29, 0.717) is 6.54 Å². The molecule has 2 aromatic rings. The van der Waals surface area contributed by atoms with Gasteiger partial charge in [-0.05, 0) is 56.2 Å². The summed E-state index contributed by atoms with van der Waals surface area (Å²) in [5.74, 6) is -0.814. The fourth-order valence-electron chi connectivity index (χ4n) is 3.34. The Labute approximate surface area is 174 Å². The Balaban J connectivity index is 1.80. The summed E-state index contributed by atoms with van der Waals surface area (Å²) in [5.41, 5.74) is -0.341. The number of hydrogen-bond donors (Lipinski definition) is 0. The van der Waals surface area contributed by atoms with E-state index in [2.05, 4.69) is 0 Å². The van der Waals surface area contributed by atoms with E-state index in [1.54, 1.807) is 0 Å². The third-order valence-electron chi connectivity index (χ3n) is 5.00. The number of nitro groups is 1. The molecule has 1 aliphatic heterocycles. The Hall–Kier alpha value is -2.98. The van der Waals surface area contributed by atoms with E-state index in [1.807, 2.05) is 6.92 Å². The molecule has 0 radical (unpaired) electrons. The SMILES string of the molecule is COc1ccc(OC(=O)c2ccc(S(=O)(=O)N3CCCCC3C)cc2)c([N+](=O)[O-])c1. The number of nitro benzene ring substituents is 1. The van der Waals surface area contributed by atoms with Crippen LogP contribution in [-0.2, 0) is 10.0 Å². The van der Waals surface area contributed by atoms with Gasteiger partial charge in [-0.2, -0.15) is 4.31 Å². The zero-order valence-corrected chi connectivity index (χ0v) is 17.4. The van der Waals surface area contributed by atoms with Gasteiger partial charge >= 0.3 is 11.7 Å². The van der Waals surface area contributed by atoms with Crippen LogP contribution in [-0.4, -0.2) is 43.3 Å². The Morgan fingerprint density at radius 2 is 1.87 bits per heavy atom. The van der Waals surface area contributed by atoms with Crippen LogP contribution in [0, 0.1) is 10.1 Å². The highest BCUT2D eigenvalue weighted by Crippen LogP contribution is 2.32. The highest BCUT2D eigenvalue weighted by Gasteiger charge is 2.31. The fraction of sp³-hybridized carbons (Fsp3) is 0.350. The first kappa shape index (κ1) is 21.7. The molecule has 1 saturated heterocycles. The molecule has 1 fully saturated rings. The van der Waals surface area contributed by atoms with Gasteiger partial charge in [-0.25, -0.2) is 13.2 Å². The number of piperidine rings is 1. The van der Waals surface area contributed by atoms with Crippen LogP contribution in [0.3, 0.4) is 0 Å². The summed E-state index contributed by atoms with van der Waals surface area (Å²) in [5, 5.41) is 11.2. The van der Waals surface area contributed by atoms with E-state index in [1.165, 1.54) is 47.8 Å². The molecule has 0 aromatic heterocycles. The molecule has 0 saturated carbocycles. The maximum atomic E-state index is 12.9. The minimum atomic E-state index is -3.66. The summed E-state index contributed by atoms with van der Waals surface area (Å²) in [7, 11) is -2.29. The van der Waals surface area contributed by atoms with E-state index in [4.69, 9.17) is 9.47 Å². The molecule has 2 aromatic carbocycles. The minimum absolute atomic E-state index is 0.0748. The lowest BCUT2D eigenvalue weighted by Crippen LogP contribution is -2.41. The van der Waals surface area contributed by atoms with Gasteiger partial charge in [0, 0.05) is 12.6 Å². The Morgan fingerprint density at radius 3 is 2.47 bits per heavy atom. The molecule has 160 valence electrons. The van der Waals surface area contributed by atoms with E-state index in [0.717, 1.165) is 25.3 Å². The first-order valence-corrected chi connectivity index (χ1v) is 10.8. The van der Waals surface area contributed by atoms with Crippen LogP contribution in [0.1, 0.15) is 36.5 Å². The van der Waals surface area contributed by atoms with Gasteiger partial charge in [0.15, 0.2) is 0 Å². The highest BCUT2D eigenvalue weighted by molar-refractivity contribution is 7.89. The van der Waals surface area contributed by atoms with Crippen molar-refractivity contribution in [3.8, 4) is 11.5 Å². The van der Waals surface area contributed by atoms with Crippen molar-refractivity contribution in [2.45, 2.75) is 37.1 Å². The fourth-order valence-corrected chi connectivity index (χ4v) is 5.04. The molecule has 0 amide bonds. The third-order valence-corrected chi connectivity index (χ3v) is 7.03. The number of nitrogens with zero attached hydrogens (tertiary/aromatic N) is 2. The van der Waals surface area contributed by atoms with E-state index in [-0.39, 0.29) is 28.0 Å². The lowest BCUT2D eigenvalue weighted by atomic mass is 10.1. The lowest BCUT2D eigenvalue weighted by molar-refractivity contribution is -0.385. The summed E-state index contributed by atoms with van der Waals surface area (Å²) in [6.07, 6.45) is 2.62. The second kappa shape index (κ2) is 8.80. The molecule has 0 bridgehead atoms. The molecular weight excluding hydrogens is 412 g/mol. The average molecular weight is 434 g/mol. The van der Waals surface area contributed by atoms with Crippen molar-refractivity contribution in [1.82, 2.24) is 4.31 Å². The van der Waals surface area contributed by atoms with Gasteiger partial charge in [0.05, 0.1) is 28.6 Å². The van der Waals surface area contributed by atoms with Gasteiger partial charge in [0.2, 0.25) is 15.8 Å². The van der Waals surface area contributed by atoms with Gasteiger partial charge in [0.1, 0.15) is 5.75 Å². The first-order chi connectivity index (χ1) is 14.2. The number of ether oxygens (including phenoxy) is 2. The maximum Gasteiger partial charge on any atom is 0.343 e. The van der Waals surface area contributed by atoms with Crippen molar-refractivity contribution in [3.05, 3.63) is 58.1 Å². The van der Waals surface area contributed by atoms with Crippen molar-refractivity contribution >= 4 is 21.7 Å². The normalized spacial score (nSPS) is 17.3. The van der Waals surface area contributed by atoms with Crippen LogP contribution in [0.25, 0.3) is 0 Å². The number of carbonyl (C=O) groups excluding carboxylic acids is 1. The number of esters is 1. The van der Waals surface area contributed by atoms with Crippen LogP contribution in [0.5, 0.6) is 11.5 Å². The Kier molecular flexibility index (Phi) is 6.37. The molecule has 10 heteroatoms. The molecule has 3 rings (SSSR count). The van der Waals surface area contributed by atoms with Crippen molar-refractivity contribution in [2.75, 3.05) is 13.7 Å². The van der Waals surface area contributed by atoms with E-state index < -0.39 is 26.6 Å². The second-order valence-electron chi connectivity index (χ2n) is 6.97. The second-order valence-corrected chi connectivity index (χ2v) is 8.86. The number of methoxy groups -OCH3 is 1. The van der Waals surface area contributed by atoms with Crippen LogP contribution in [0.2, 0.25) is 0 Å². The third kappa shape index (κ3) is 4.44. The number of carbonyl (C=O) groups is 1. The molecule has 0 spiro atoms. The summed E-state index contributed by atoms with van der Waals surface area (Å²) < 4.78 is 37.3. The smallest absolute Gasteiger partial charge is 0.343 e. The number of sulfonamides is 1. The Morgan fingerprint density at radius 1 is 1.17 bits per heavy atom. The zero-order valence-electron chi connectivity index (χ0n) is 16.6. The van der Waals surface area contributed by atoms with Gasteiger partial charge < -0.3 is 9.47 Å². The van der Waals surface area contributed by atoms with Crippen molar-refractivity contribution in [3.63, 3.8) is 0 Å². The summed E-state index contributed by atoms with van der Waals surface area (Å²) in [6.45, 7) is 2.35. The first-order valence-electron chi connectivity index (χ1n) is 9.40.